The molecule has 76 valence electrons. The molecular formula is C9H17NO3. The van der Waals surface area contributed by atoms with Crippen molar-refractivity contribution in [2.24, 2.45) is 0 Å². The fourth-order valence-corrected chi connectivity index (χ4v) is 0.523. The van der Waals surface area contributed by atoms with Crippen LogP contribution >= 0.6 is 0 Å². The van der Waals surface area contributed by atoms with Gasteiger partial charge in [-0.25, -0.2) is 4.79 Å². The van der Waals surface area contributed by atoms with Gasteiger partial charge in [0.05, 0.1) is 13.7 Å². The van der Waals surface area contributed by atoms with Crippen LogP contribution < -0.4 is 5.32 Å². The van der Waals surface area contributed by atoms with E-state index in [1.54, 1.807) is 6.92 Å². The first-order chi connectivity index (χ1) is 6.07. The van der Waals surface area contributed by atoms with Gasteiger partial charge < -0.3 is 14.8 Å². The van der Waals surface area contributed by atoms with Gasteiger partial charge >= 0.3 is 6.09 Å². The third kappa shape index (κ3) is 5.78. The highest BCUT2D eigenvalue weighted by molar-refractivity contribution is 5.66. The molecule has 0 saturated carbocycles. The minimum absolute atomic E-state index is 0. The molecule has 0 saturated heterocycles. The number of ether oxygens (including phenoxy) is 2. The molecule has 0 heterocycles. The number of carbonyl (C=O) groups excluding carboxylic acids is 1. The molecule has 4 heteroatoms. The topological polar surface area (TPSA) is 47.6 Å². The molecular weight excluding hydrogens is 170 g/mol. The number of methoxy groups -OCH3 is 1. The van der Waals surface area contributed by atoms with Crippen molar-refractivity contribution in [2.45, 2.75) is 6.92 Å². The van der Waals surface area contributed by atoms with E-state index in [2.05, 4.69) is 23.2 Å². The monoisotopic (exact) mass is 187 g/mol. The molecule has 0 aliphatic heterocycles. The maximum Gasteiger partial charge on any atom is 0.406 e. The average molecular weight is 187 g/mol. The third-order valence-electron chi connectivity index (χ3n) is 1.31. The van der Waals surface area contributed by atoms with Crippen molar-refractivity contribution in [3.8, 4) is 0 Å². The SMILES string of the molecule is C=C(C)C(=C)OCCNC(=O)OC.[HH]. The minimum atomic E-state index is -0.468. The Labute approximate surface area is 79.7 Å². The summed E-state index contributed by atoms with van der Waals surface area (Å²) >= 11 is 0. The molecule has 0 spiro atoms. The van der Waals surface area contributed by atoms with Gasteiger partial charge in [-0.3, -0.25) is 0 Å². The van der Waals surface area contributed by atoms with Gasteiger partial charge in [0.15, 0.2) is 0 Å². The summed E-state index contributed by atoms with van der Waals surface area (Å²) < 4.78 is 9.49. The van der Waals surface area contributed by atoms with E-state index < -0.39 is 6.09 Å². The second-order valence-corrected chi connectivity index (χ2v) is 2.47. The van der Waals surface area contributed by atoms with Crippen LogP contribution in [0.3, 0.4) is 0 Å². The Hall–Kier alpha value is -1.45. The number of carbonyl (C=O) groups is 1. The number of allylic oxidation sites excluding steroid dienone is 1. The van der Waals surface area contributed by atoms with Crippen molar-refractivity contribution in [3.63, 3.8) is 0 Å². The fraction of sp³-hybridized carbons (Fsp3) is 0.444. The van der Waals surface area contributed by atoms with Crippen molar-refractivity contribution in [2.75, 3.05) is 20.3 Å². The fourth-order valence-electron chi connectivity index (χ4n) is 0.523. The summed E-state index contributed by atoms with van der Waals surface area (Å²) in [5, 5.41) is 2.47. The Morgan fingerprint density at radius 3 is 2.62 bits per heavy atom. The van der Waals surface area contributed by atoms with E-state index in [1.807, 2.05) is 0 Å². The van der Waals surface area contributed by atoms with Gasteiger partial charge in [-0.2, -0.15) is 0 Å². The quantitative estimate of drug-likeness (QED) is 0.405. The number of hydrogen-bond acceptors (Lipinski definition) is 3. The molecule has 0 aromatic heterocycles. The van der Waals surface area contributed by atoms with Crippen molar-refractivity contribution in [3.05, 3.63) is 24.5 Å². The van der Waals surface area contributed by atoms with E-state index in [1.165, 1.54) is 7.11 Å². The van der Waals surface area contributed by atoms with Crippen molar-refractivity contribution in [1.29, 1.82) is 0 Å². The zero-order chi connectivity index (χ0) is 10.3. The number of rotatable bonds is 5. The summed E-state index contributed by atoms with van der Waals surface area (Å²) in [4.78, 5) is 10.6. The molecule has 13 heavy (non-hydrogen) atoms. The van der Waals surface area contributed by atoms with Crippen LogP contribution in [0.1, 0.15) is 8.35 Å². The average Bonchev–Trinajstić information content (AvgIpc) is 2.11. The molecule has 0 unspecified atom stereocenters. The second-order valence-electron chi connectivity index (χ2n) is 2.47. The molecule has 0 rings (SSSR count). The molecule has 0 aliphatic carbocycles. The summed E-state index contributed by atoms with van der Waals surface area (Å²) in [6.45, 7) is 9.83. The van der Waals surface area contributed by atoms with E-state index in [4.69, 9.17) is 4.74 Å². The summed E-state index contributed by atoms with van der Waals surface area (Å²) in [6.07, 6.45) is -0.468. The van der Waals surface area contributed by atoms with E-state index in [0.29, 0.717) is 18.9 Å². The van der Waals surface area contributed by atoms with Crippen molar-refractivity contribution < 1.29 is 15.7 Å². The van der Waals surface area contributed by atoms with E-state index in [-0.39, 0.29) is 1.43 Å². The number of hydrogen-bond donors (Lipinski definition) is 1. The molecule has 1 N–H and O–H groups in total. The molecule has 4 nitrogen and oxygen atoms in total. The highest BCUT2D eigenvalue weighted by Gasteiger charge is 1.98. The van der Waals surface area contributed by atoms with Gasteiger partial charge in [0, 0.05) is 1.43 Å². The highest BCUT2D eigenvalue weighted by atomic mass is 16.5. The number of alkyl carbamates (subject to hydrolysis) is 1. The lowest BCUT2D eigenvalue weighted by Crippen LogP contribution is -2.26. The molecule has 0 radical (unpaired) electrons. The Morgan fingerprint density at radius 2 is 2.15 bits per heavy atom. The largest absolute Gasteiger partial charge is 0.492 e. The number of amides is 1. The smallest absolute Gasteiger partial charge is 0.406 e. The first kappa shape index (κ1) is 11.6. The Bertz CT molecular complexity index is 216. The lowest BCUT2D eigenvalue weighted by atomic mass is 10.3. The Morgan fingerprint density at radius 1 is 1.54 bits per heavy atom. The minimum Gasteiger partial charge on any atom is -0.492 e. The standard InChI is InChI=1S/C9H15NO3.H2/c1-7(2)8(3)13-6-5-10-9(11)12-4;/h1,3,5-6H2,2,4H3,(H,10,11);1H. The van der Waals surface area contributed by atoms with Gasteiger partial charge in [-0.1, -0.05) is 13.2 Å². The predicted octanol–water partition coefficient (Wildman–Crippen LogP) is 1.69. The Kier molecular flexibility index (Phi) is 5.43. The first-order valence-corrected chi connectivity index (χ1v) is 3.87. The summed E-state index contributed by atoms with van der Waals surface area (Å²) in [5.74, 6) is 0.534. The van der Waals surface area contributed by atoms with Crippen molar-refractivity contribution >= 4 is 6.09 Å². The zero-order valence-electron chi connectivity index (χ0n) is 8.05. The van der Waals surface area contributed by atoms with Crippen molar-refractivity contribution in [1.82, 2.24) is 5.32 Å². The molecule has 0 aromatic rings. The molecule has 0 fully saturated rings. The predicted molar refractivity (Wildman–Crippen MR) is 52.4 cm³/mol. The molecule has 0 bridgehead atoms. The van der Waals surface area contributed by atoms with E-state index >= 15 is 0 Å². The normalized spacial score (nSPS) is 8.77. The number of nitrogens with one attached hydrogen (secondary N) is 1. The van der Waals surface area contributed by atoms with Crippen LogP contribution in [0, 0.1) is 0 Å². The summed E-state index contributed by atoms with van der Waals surface area (Å²) in [6, 6.07) is 0. The first-order valence-electron chi connectivity index (χ1n) is 3.87. The lowest BCUT2D eigenvalue weighted by molar-refractivity contribution is 0.163. The highest BCUT2D eigenvalue weighted by Crippen LogP contribution is 2.03. The maximum absolute atomic E-state index is 10.6. The summed E-state index contributed by atoms with van der Waals surface area (Å²) in [7, 11) is 1.31. The van der Waals surface area contributed by atoms with Crippen LogP contribution in [-0.2, 0) is 9.47 Å². The van der Waals surface area contributed by atoms with Gasteiger partial charge in [0.25, 0.3) is 0 Å². The third-order valence-corrected chi connectivity index (χ3v) is 1.31. The van der Waals surface area contributed by atoms with Crippen LogP contribution in [0.5, 0.6) is 0 Å². The summed E-state index contributed by atoms with van der Waals surface area (Å²) in [5.41, 5.74) is 0.776. The molecule has 1 amide bonds. The second kappa shape index (κ2) is 6.11. The Balaban J connectivity index is 0. The van der Waals surface area contributed by atoms with Crippen LogP contribution in [0.25, 0.3) is 0 Å². The molecule has 0 aromatic carbocycles. The lowest BCUT2D eigenvalue weighted by Gasteiger charge is -2.08. The molecule has 0 atom stereocenters. The van der Waals surface area contributed by atoms with E-state index in [0.717, 1.165) is 5.57 Å². The zero-order valence-corrected chi connectivity index (χ0v) is 8.05. The van der Waals surface area contributed by atoms with Gasteiger partial charge in [0.2, 0.25) is 0 Å². The molecule has 0 aliphatic rings. The maximum atomic E-state index is 10.6. The van der Waals surface area contributed by atoms with Gasteiger partial charge in [-0.15, -0.1) is 0 Å². The van der Waals surface area contributed by atoms with Crippen LogP contribution in [0.2, 0.25) is 0 Å². The van der Waals surface area contributed by atoms with E-state index in [9.17, 15) is 4.79 Å². The van der Waals surface area contributed by atoms with Crippen LogP contribution in [0.15, 0.2) is 24.5 Å². The van der Waals surface area contributed by atoms with Crippen LogP contribution in [0.4, 0.5) is 4.79 Å². The van der Waals surface area contributed by atoms with Gasteiger partial charge in [-0.05, 0) is 12.5 Å². The van der Waals surface area contributed by atoms with Crippen LogP contribution in [-0.4, -0.2) is 26.4 Å². The van der Waals surface area contributed by atoms with Gasteiger partial charge in [0.1, 0.15) is 12.4 Å².